The third-order valence-electron chi connectivity index (χ3n) is 15.9. The summed E-state index contributed by atoms with van der Waals surface area (Å²) >= 11 is 0. The van der Waals surface area contributed by atoms with Gasteiger partial charge in [-0.15, -0.1) is 5.10 Å². The van der Waals surface area contributed by atoms with Crippen molar-refractivity contribution >= 4 is 21.6 Å². The number of sulfone groups is 1. The van der Waals surface area contributed by atoms with Crippen LogP contribution in [0.2, 0.25) is 0 Å². The number of esters is 1. The predicted octanol–water partition coefficient (Wildman–Crippen LogP) is 3.79. The Morgan fingerprint density at radius 3 is 2.17 bits per heavy atom. The molecule has 20 heteroatoms. The van der Waals surface area contributed by atoms with Crippen molar-refractivity contribution in [1.82, 2.24) is 19.9 Å². The van der Waals surface area contributed by atoms with Crippen molar-refractivity contribution in [3.63, 3.8) is 0 Å². The van der Waals surface area contributed by atoms with E-state index in [9.17, 15) is 38.4 Å². The number of cyclic esters (lactones) is 1. The smallest absolute Gasteiger partial charge is 0.309 e. The number of ether oxygens (including phenoxy) is 7. The van der Waals surface area contributed by atoms with E-state index in [4.69, 9.17) is 33.2 Å². The van der Waals surface area contributed by atoms with Gasteiger partial charge in [0.05, 0.1) is 64.8 Å². The Labute approximate surface area is 421 Å². The number of carbonyl (C=O) groups is 2. The van der Waals surface area contributed by atoms with Crippen molar-refractivity contribution < 1.29 is 71.6 Å². The topological polar surface area (TPSA) is 248 Å². The molecule has 3 fully saturated rings. The maximum absolute atomic E-state index is 14.6. The largest absolute Gasteiger partial charge is 0.494 e. The average Bonchev–Trinajstić information content (AvgIpc) is 3.79. The number of benzene rings is 1. The first-order chi connectivity index (χ1) is 33.1. The molecule has 2 aromatic rings. The number of nitrogens with zero attached hydrogens (tertiary/aromatic N) is 4. The summed E-state index contributed by atoms with van der Waals surface area (Å²) in [5.74, 6) is -4.53. The van der Waals surface area contributed by atoms with Gasteiger partial charge in [-0.25, -0.2) is 8.42 Å². The minimum absolute atomic E-state index is 0.0895. The summed E-state index contributed by atoms with van der Waals surface area (Å²) in [6, 6.07) is 5.87. The van der Waals surface area contributed by atoms with Gasteiger partial charge < -0.3 is 58.5 Å². The maximum Gasteiger partial charge on any atom is 0.309 e. The fourth-order valence-electron chi connectivity index (χ4n) is 11.3. The number of hydrogen-bond acceptors (Lipinski definition) is 18. The Balaban J connectivity index is 1.40. The van der Waals surface area contributed by atoms with Crippen molar-refractivity contribution in [2.75, 3.05) is 40.7 Å². The molecule has 0 bridgehead atoms. The number of aliphatic hydroxyl groups excluding tert-OH is 3. The van der Waals surface area contributed by atoms with Crippen molar-refractivity contribution in [3.05, 3.63) is 36.2 Å². The lowest BCUT2D eigenvalue weighted by Gasteiger charge is -2.52. The number of aryl methyl sites for hydroxylation is 1. The molecule has 1 aromatic heterocycles. The summed E-state index contributed by atoms with van der Waals surface area (Å²) < 4.78 is 69.7. The van der Waals surface area contributed by atoms with Crippen LogP contribution in [0.25, 0.3) is 0 Å². The highest BCUT2D eigenvalue weighted by atomic mass is 32.2. The molecule has 1 aromatic carbocycles. The molecule has 404 valence electrons. The highest BCUT2D eigenvalue weighted by molar-refractivity contribution is 7.90. The molecular formula is C51H84N4O15S. The summed E-state index contributed by atoms with van der Waals surface area (Å²) in [5, 5.41) is 55.7. The van der Waals surface area contributed by atoms with Gasteiger partial charge in [0.15, 0.2) is 16.1 Å². The number of ketones is 1. The summed E-state index contributed by atoms with van der Waals surface area (Å²) in [6.07, 6.45) is -3.79. The second kappa shape index (κ2) is 24.0. The monoisotopic (exact) mass is 1020 g/mol. The number of methoxy groups -OCH3 is 2. The summed E-state index contributed by atoms with van der Waals surface area (Å²) in [7, 11) is 1.67. The molecule has 71 heavy (non-hydrogen) atoms. The zero-order valence-electron chi connectivity index (χ0n) is 44.4. The van der Waals surface area contributed by atoms with Crippen molar-refractivity contribution in [3.8, 4) is 5.75 Å². The van der Waals surface area contributed by atoms with Gasteiger partial charge in [-0.2, -0.15) is 0 Å². The van der Waals surface area contributed by atoms with Crippen LogP contribution in [0.3, 0.4) is 0 Å². The van der Waals surface area contributed by atoms with E-state index in [2.05, 4.69) is 15.2 Å². The van der Waals surface area contributed by atoms with Crippen LogP contribution in [-0.4, -0.2) is 179 Å². The van der Waals surface area contributed by atoms with Crippen LogP contribution in [0.5, 0.6) is 5.75 Å². The quantitative estimate of drug-likeness (QED) is 0.138. The zero-order valence-corrected chi connectivity index (χ0v) is 45.2. The first-order valence-corrected chi connectivity index (χ1v) is 27.1. The third kappa shape index (κ3) is 13.6. The van der Waals surface area contributed by atoms with Crippen LogP contribution in [-0.2, 0) is 60.8 Å². The van der Waals surface area contributed by atoms with E-state index < -0.39 is 117 Å². The minimum Gasteiger partial charge on any atom is -0.494 e. The first kappa shape index (κ1) is 58.7. The summed E-state index contributed by atoms with van der Waals surface area (Å²) in [5.41, 5.74) is -3.59. The van der Waals surface area contributed by atoms with Crippen LogP contribution in [0.1, 0.15) is 107 Å². The van der Waals surface area contributed by atoms with E-state index in [1.807, 2.05) is 34.0 Å². The van der Waals surface area contributed by atoms with E-state index >= 15 is 0 Å². The lowest BCUT2D eigenvalue weighted by molar-refractivity contribution is -0.305. The van der Waals surface area contributed by atoms with Gasteiger partial charge in [0.2, 0.25) is 0 Å². The van der Waals surface area contributed by atoms with Crippen LogP contribution in [0.4, 0.5) is 0 Å². The van der Waals surface area contributed by atoms with E-state index in [0.29, 0.717) is 44.7 Å². The van der Waals surface area contributed by atoms with Crippen LogP contribution in [0.15, 0.2) is 35.4 Å². The van der Waals surface area contributed by atoms with Gasteiger partial charge in [-0.1, -0.05) is 39.8 Å². The van der Waals surface area contributed by atoms with Crippen molar-refractivity contribution in [1.29, 1.82) is 0 Å². The molecule has 0 spiro atoms. The highest BCUT2D eigenvalue weighted by Gasteiger charge is 2.56. The third-order valence-corrected chi connectivity index (χ3v) is 17.0. The molecule has 4 N–H and O–H groups in total. The number of rotatable bonds is 16. The molecule has 19 nitrogen and oxygen atoms in total. The first-order valence-electron chi connectivity index (χ1n) is 25.2. The van der Waals surface area contributed by atoms with E-state index in [-0.39, 0.29) is 36.0 Å². The Morgan fingerprint density at radius 2 is 1.56 bits per heavy atom. The number of aliphatic hydroxyl groups is 4. The number of carbonyl (C=O) groups excluding carboxylic acids is 2. The highest BCUT2D eigenvalue weighted by Crippen LogP contribution is 2.46. The number of Topliss-reactive ketones (excluding diaryl/α,β-unsaturated/α-hetero) is 1. The van der Waals surface area contributed by atoms with Crippen LogP contribution < -0.4 is 4.74 Å². The molecule has 0 radical (unpaired) electrons. The molecule has 3 aliphatic rings. The normalized spacial score (nSPS) is 39.2. The Hall–Kier alpha value is -3.15. The lowest BCUT2D eigenvalue weighted by atomic mass is 9.67. The van der Waals surface area contributed by atoms with Gasteiger partial charge >= 0.3 is 5.97 Å². The lowest BCUT2D eigenvalue weighted by Crippen LogP contribution is -2.62. The van der Waals surface area contributed by atoms with Crippen LogP contribution >= 0.6 is 0 Å². The molecule has 4 heterocycles. The SMILES string of the molecule is CC[C@H]1OC(=O)[C@H](C)[C@@H](C2C[C@@](C)(OC)[C@@H](O)[C@H](C)O2)[C@H](C)[C@@H](O[C@H]2O[C@H](C)C[C@H](N(C)CCc3cn(CCCOc4ccc(S(C)(=O)=O)cc4)nn3)[C@H]2O)[C@](C)(OC)C[C@@H](C)C(=O)[C@@H](C)[C@@H](O)[C@]1(C)O. The zero-order chi connectivity index (χ0) is 53.0. The van der Waals surface area contributed by atoms with E-state index in [1.54, 1.807) is 58.4 Å². The van der Waals surface area contributed by atoms with Crippen molar-refractivity contribution in [2.45, 2.75) is 197 Å². The number of likely N-dealkylation sites (N-methyl/N-ethyl adjacent to an activating group) is 1. The van der Waals surface area contributed by atoms with Gasteiger partial charge in [0, 0.05) is 82.8 Å². The Kier molecular flexibility index (Phi) is 19.9. The minimum atomic E-state index is -3.30. The molecule has 1 unspecified atom stereocenters. The molecule has 5 rings (SSSR count). The Bertz CT molecular complexity index is 2160. The summed E-state index contributed by atoms with van der Waals surface area (Å²) in [4.78, 5) is 31.1. The van der Waals surface area contributed by atoms with Gasteiger partial charge in [-0.3, -0.25) is 14.3 Å². The molecule has 0 aliphatic carbocycles. The second-order valence-corrected chi connectivity index (χ2v) is 23.4. The van der Waals surface area contributed by atoms with Crippen LogP contribution in [0, 0.1) is 29.6 Å². The van der Waals surface area contributed by atoms with Gasteiger partial charge in [-0.05, 0) is 91.1 Å². The standard InChI is InChI=1S/C51H84N4O15S/c1-15-40-51(10,61)44(58)33(6)42(56)29(2)26-50(9,65-13)46(31(4)41(32(5)47(60)69-40)39-27-49(8,64-12)45(59)34(7)68-39)70-48-43(57)38(25-30(3)67-48)54(11)23-21-35-28-55(53-52-35)22-16-24-66-36-17-19-37(20-18-36)71(14,62)63/h17-20,28-34,38-41,43-46,48,57-59,61H,15-16,21-27H2,1-14H3/t29-,30-,31+,32-,33-,34+,38+,39?,40-,41+,43-,44-,45+,46-,48-,49-,50-,51-/m1/s1. The molecule has 18 atom stereocenters. The summed E-state index contributed by atoms with van der Waals surface area (Å²) in [6.45, 7) is 18.8. The fraction of sp³-hybridized carbons (Fsp3) is 0.804. The molecular weight excluding hydrogens is 941 g/mol. The molecule has 0 amide bonds. The van der Waals surface area contributed by atoms with E-state index in [0.717, 1.165) is 11.9 Å². The van der Waals surface area contributed by atoms with Gasteiger partial charge in [0.1, 0.15) is 35.4 Å². The van der Waals surface area contributed by atoms with Crippen molar-refractivity contribution in [2.24, 2.45) is 29.6 Å². The second-order valence-electron chi connectivity index (χ2n) is 21.4. The molecule has 3 saturated heterocycles. The molecule has 3 aliphatic heterocycles. The fourth-order valence-corrected chi connectivity index (χ4v) is 11.9. The number of aromatic nitrogens is 3. The molecule has 0 saturated carbocycles. The predicted molar refractivity (Wildman–Crippen MR) is 262 cm³/mol. The maximum atomic E-state index is 14.6. The number of hydrogen-bond donors (Lipinski definition) is 4. The van der Waals surface area contributed by atoms with Gasteiger partial charge in [0.25, 0.3) is 0 Å². The van der Waals surface area contributed by atoms with E-state index in [1.165, 1.54) is 33.3 Å². The average molecular weight is 1030 g/mol. The Morgan fingerprint density at radius 1 is 0.915 bits per heavy atom.